The van der Waals surface area contributed by atoms with Gasteiger partial charge in [-0.25, -0.2) is 0 Å². The molecule has 0 aliphatic heterocycles. The molecule has 0 aromatic heterocycles. The molecular formula is C23H21N3. The number of nitrogens with one attached hydrogen (secondary N) is 1. The molecule has 0 atom stereocenters. The molecule has 0 saturated heterocycles. The van der Waals surface area contributed by atoms with Gasteiger partial charge in [0.15, 0.2) is 0 Å². The van der Waals surface area contributed by atoms with Crippen molar-refractivity contribution in [2.24, 2.45) is 0 Å². The van der Waals surface area contributed by atoms with Gasteiger partial charge in [-0.15, -0.1) is 0 Å². The Hall–Kier alpha value is -3.46. The Kier molecular flexibility index (Phi) is 3.98. The van der Waals surface area contributed by atoms with Gasteiger partial charge < -0.3 is 16.8 Å². The second-order valence-electron chi connectivity index (χ2n) is 6.53. The normalized spacial score (nSPS) is 10.8. The van der Waals surface area contributed by atoms with Crippen LogP contribution in [0.15, 0.2) is 78.9 Å². The minimum atomic E-state index is 0.749. The molecule has 0 spiro atoms. The van der Waals surface area contributed by atoms with E-state index in [1.54, 1.807) is 0 Å². The lowest BCUT2D eigenvalue weighted by Crippen LogP contribution is -1.99. The number of aryl methyl sites for hydroxylation is 1. The van der Waals surface area contributed by atoms with E-state index >= 15 is 0 Å². The van der Waals surface area contributed by atoms with E-state index in [9.17, 15) is 0 Å². The highest BCUT2D eigenvalue weighted by Crippen LogP contribution is 2.35. The maximum absolute atomic E-state index is 6.49. The monoisotopic (exact) mass is 339 g/mol. The number of fused-ring (bicyclic) bond motifs is 1. The summed E-state index contributed by atoms with van der Waals surface area (Å²) in [5.74, 6) is 0. The fraction of sp³-hybridized carbons (Fsp3) is 0.0435. The Balaban J connectivity index is 1.72. The molecule has 26 heavy (non-hydrogen) atoms. The molecule has 0 unspecified atom stereocenters. The number of rotatable bonds is 3. The highest BCUT2D eigenvalue weighted by atomic mass is 14.9. The Labute approximate surface area is 153 Å². The van der Waals surface area contributed by atoms with Crippen LogP contribution in [0, 0.1) is 6.92 Å². The van der Waals surface area contributed by atoms with Gasteiger partial charge in [-0.1, -0.05) is 48.5 Å². The van der Waals surface area contributed by atoms with Crippen molar-refractivity contribution >= 4 is 33.5 Å². The van der Waals surface area contributed by atoms with Crippen molar-refractivity contribution < 1.29 is 0 Å². The number of nitrogens with two attached hydrogens (primary N) is 2. The first-order chi connectivity index (χ1) is 12.6. The number of para-hydroxylation sites is 1. The van der Waals surface area contributed by atoms with Crippen LogP contribution in [0.2, 0.25) is 0 Å². The standard InChI is InChI=1S/C23H21N3/c1-15-5-2-3-6-20(15)21-7-4-8-22(23(21)25)26-19-12-10-16-13-18(24)11-9-17(16)14-19/h2-14,26H,24-25H2,1H3. The third-order valence-corrected chi connectivity index (χ3v) is 4.68. The number of anilines is 4. The van der Waals surface area contributed by atoms with Gasteiger partial charge in [0, 0.05) is 16.9 Å². The van der Waals surface area contributed by atoms with Crippen LogP contribution >= 0.6 is 0 Å². The fourth-order valence-electron chi connectivity index (χ4n) is 3.28. The van der Waals surface area contributed by atoms with Crippen LogP contribution in [0.3, 0.4) is 0 Å². The molecule has 0 amide bonds. The third kappa shape index (κ3) is 2.95. The molecule has 0 bridgehead atoms. The van der Waals surface area contributed by atoms with Gasteiger partial charge >= 0.3 is 0 Å². The summed E-state index contributed by atoms with van der Waals surface area (Å²) in [7, 11) is 0. The first-order valence-electron chi connectivity index (χ1n) is 8.62. The molecule has 0 aliphatic rings. The summed E-state index contributed by atoms with van der Waals surface area (Å²) in [6.07, 6.45) is 0. The smallest absolute Gasteiger partial charge is 0.0633 e. The lowest BCUT2D eigenvalue weighted by molar-refractivity contribution is 1.45. The number of hydrogen-bond donors (Lipinski definition) is 3. The maximum atomic E-state index is 6.49. The highest BCUT2D eigenvalue weighted by molar-refractivity contribution is 5.91. The van der Waals surface area contributed by atoms with Crippen molar-refractivity contribution in [3.05, 3.63) is 84.4 Å². The van der Waals surface area contributed by atoms with Gasteiger partial charge in [-0.2, -0.15) is 0 Å². The summed E-state index contributed by atoms with van der Waals surface area (Å²) in [6, 6.07) is 26.5. The van der Waals surface area contributed by atoms with Crippen LogP contribution in [0.4, 0.5) is 22.7 Å². The van der Waals surface area contributed by atoms with E-state index in [4.69, 9.17) is 11.5 Å². The van der Waals surface area contributed by atoms with Crippen molar-refractivity contribution in [1.29, 1.82) is 0 Å². The van der Waals surface area contributed by atoms with E-state index in [2.05, 4.69) is 42.6 Å². The van der Waals surface area contributed by atoms with Crippen LogP contribution in [0.1, 0.15) is 5.56 Å². The molecule has 3 nitrogen and oxygen atoms in total. The largest absolute Gasteiger partial charge is 0.399 e. The van der Waals surface area contributed by atoms with Crippen LogP contribution in [0.25, 0.3) is 21.9 Å². The summed E-state index contributed by atoms with van der Waals surface area (Å²) < 4.78 is 0. The average molecular weight is 339 g/mol. The predicted molar refractivity (Wildman–Crippen MR) is 113 cm³/mol. The van der Waals surface area contributed by atoms with E-state index in [1.807, 2.05) is 48.5 Å². The number of benzene rings is 4. The van der Waals surface area contributed by atoms with Crippen molar-refractivity contribution in [2.75, 3.05) is 16.8 Å². The topological polar surface area (TPSA) is 64.1 Å². The van der Waals surface area contributed by atoms with Gasteiger partial charge in [0.05, 0.1) is 11.4 Å². The third-order valence-electron chi connectivity index (χ3n) is 4.68. The molecule has 0 saturated carbocycles. The molecule has 0 fully saturated rings. The van der Waals surface area contributed by atoms with Gasteiger partial charge in [0.1, 0.15) is 0 Å². The lowest BCUT2D eigenvalue weighted by atomic mass is 9.98. The molecular weight excluding hydrogens is 318 g/mol. The van der Waals surface area contributed by atoms with Crippen LogP contribution < -0.4 is 16.8 Å². The molecule has 0 aliphatic carbocycles. The van der Waals surface area contributed by atoms with Gasteiger partial charge in [-0.3, -0.25) is 0 Å². The van der Waals surface area contributed by atoms with Crippen molar-refractivity contribution in [3.63, 3.8) is 0 Å². The zero-order valence-electron chi connectivity index (χ0n) is 14.7. The lowest BCUT2D eigenvalue weighted by Gasteiger charge is -2.15. The first kappa shape index (κ1) is 16.0. The molecule has 0 radical (unpaired) electrons. The predicted octanol–water partition coefficient (Wildman–Crippen LogP) is 5.72. The SMILES string of the molecule is Cc1ccccc1-c1cccc(Nc2ccc3cc(N)ccc3c2)c1N. The van der Waals surface area contributed by atoms with E-state index < -0.39 is 0 Å². The second kappa shape index (κ2) is 6.45. The number of hydrogen-bond acceptors (Lipinski definition) is 3. The molecule has 128 valence electrons. The minimum absolute atomic E-state index is 0.749. The Bertz CT molecular complexity index is 1100. The van der Waals surface area contributed by atoms with Gasteiger partial charge in [0.2, 0.25) is 0 Å². The fourth-order valence-corrected chi connectivity index (χ4v) is 3.28. The quantitative estimate of drug-likeness (QED) is 0.418. The summed E-state index contributed by atoms with van der Waals surface area (Å²) >= 11 is 0. The maximum Gasteiger partial charge on any atom is 0.0633 e. The van der Waals surface area contributed by atoms with Crippen LogP contribution in [-0.2, 0) is 0 Å². The summed E-state index contributed by atoms with van der Waals surface area (Å²) in [5.41, 5.74) is 19.2. The Morgan fingerprint density at radius 3 is 2.27 bits per heavy atom. The van der Waals surface area contributed by atoms with Crippen molar-refractivity contribution in [3.8, 4) is 11.1 Å². The zero-order chi connectivity index (χ0) is 18.1. The Morgan fingerprint density at radius 1 is 0.692 bits per heavy atom. The zero-order valence-corrected chi connectivity index (χ0v) is 14.7. The average Bonchev–Trinajstić information content (AvgIpc) is 2.64. The molecule has 4 aromatic rings. The summed E-state index contributed by atoms with van der Waals surface area (Å²) in [5, 5.41) is 5.71. The number of nitrogen functional groups attached to an aromatic ring is 2. The summed E-state index contributed by atoms with van der Waals surface area (Å²) in [6.45, 7) is 2.10. The van der Waals surface area contributed by atoms with Crippen molar-refractivity contribution in [2.45, 2.75) is 6.92 Å². The van der Waals surface area contributed by atoms with E-state index in [0.717, 1.165) is 44.6 Å². The highest BCUT2D eigenvalue weighted by Gasteiger charge is 2.09. The molecule has 0 heterocycles. The van der Waals surface area contributed by atoms with Crippen LogP contribution in [0.5, 0.6) is 0 Å². The van der Waals surface area contributed by atoms with Gasteiger partial charge in [0.25, 0.3) is 0 Å². The second-order valence-corrected chi connectivity index (χ2v) is 6.53. The molecule has 3 heteroatoms. The molecule has 4 aromatic carbocycles. The molecule has 5 N–H and O–H groups in total. The van der Waals surface area contributed by atoms with Gasteiger partial charge in [-0.05, 0) is 59.2 Å². The first-order valence-corrected chi connectivity index (χ1v) is 8.62. The van der Waals surface area contributed by atoms with E-state index in [-0.39, 0.29) is 0 Å². The summed E-state index contributed by atoms with van der Waals surface area (Å²) in [4.78, 5) is 0. The molecule has 4 rings (SSSR count). The van der Waals surface area contributed by atoms with Crippen molar-refractivity contribution in [1.82, 2.24) is 0 Å². The Morgan fingerprint density at radius 2 is 1.42 bits per heavy atom. The van der Waals surface area contributed by atoms with Crippen LogP contribution in [-0.4, -0.2) is 0 Å². The van der Waals surface area contributed by atoms with E-state index in [1.165, 1.54) is 5.56 Å². The minimum Gasteiger partial charge on any atom is -0.399 e. The van der Waals surface area contributed by atoms with E-state index in [0.29, 0.717) is 0 Å².